The van der Waals surface area contributed by atoms with Crippen LogP contribution in [0, 0.1) is 0 Å². The summed E-state index contributed by atoms with van der Waals surface area (Å²) < 4.78 is 37.6. The van der Waals surface area contributed by atoms with Gasteiger partial charge in [0.1, 0.15) is 0 Å². The molecule has 0 aliphatic carbocycles. The van der Waals surface area contributed by atoms with E-state index in [1.807, 2.05) is 0 Å². The molecule has 1 aromatic carbocycles. The molecule has 108 valence electrons. The fourth-order valence-electron chi connectivity index (χ4n) is 1.30. The monoisotopic (exact) mass is 358 g/mol. The zero-order valence-corrected chi connectivity index (χ0v) is 12.8. The summed E-state index contributed by atoms with van der Waals surface area (Å²) in [5.41, 5.74) is -0.417. The van der Waals surface area contributed by atoms with Gasteiger partial charge in [-0.3, -0.25) is 0 Å². The van der Waals surface area contributed by atoms with Crippen molar-refractivity contribution >= 4 is 23.9 Å². The molecule has 0 aliphatic rings. The summed E-state index contributed by atoms with van der Waals surface area (Å²) in [4.78, 5) is 9.68. The van der Waals surface area contributed by atoms with Gasteiger partial charge < -0.3 is 0 Å². The van der Waals surface area contributed by atoms with Crippen LogP contribution < -0.4 is 0 Å². The molecule has 0 fully saturated rings. The Morgan fingerprint density at radius 1 is 1.37 bits per heavy atom. The number of alkyl halides is 2. The van der Waals surface area contributed by atoms with E-state index in [9.17, 15) is 18.8 Å². The zero-order valence-electron chi connectivity index (χ0n) is 10.2. The van der Waals surface area contributed by atoms with Gasteiger partial charge in [-0.15, -0.1) is 0 Å². The van der Waals surface area contributed by atoms with E-state index >= 15 is 0 Å². The third-order valence-electron chi connectivity index (χ3n) is 2.41. The quantitative estimate of drug-likeness (QED) is 0.622. The number of hydrogen-bond donors (Lipinski definition) is 2. The van der Waals surface area contributed by atoms with E-state index in [0.717, 1.165) is 20.3 Å². The number of halogens is 3. The first-order valence-corrected chi connectivity index (χ1v) is 7.77. The summed E-state index contributed by atoms with van der Waals surface area (Å²) in [7, 11) is -1.70. The van der Waals surface area contributed by atoms with Crippen LogP contribution in [-0.2, 0) is 15.0 Å². The molecule has 2 N–H and O–H groups in total. The fraction of sp³-hybridized carbons (Fsp3) is 0.273. The molecule has 19 heavy (non-hydrogen) atoms. The Morgan fingerprint density at radius 3 is 2.42 bits per heavy atom. The second-order valence-electron chi connectivity index (χ2n) is 3.65. The third-order valence-corrected chi connectivity index (χ3v) is 4.71. The maximum atomic E-state index is 14.0. The SMILES string of the molecule is CO[PH](O)(/C=C(\O)C(F)(F)c1cccc(Br)c1)OC. The van der Waals surface area contributed by atoms with E-state index in [1.54, 1.807) is 6.07 Å². The molecule has 0 radical (unpaired) electrons. The van der Waals surface area contributed by atoms with E-state index in [-0.39, 0.29) is 0 Å². The minimum absolute atomic E-state index is 0.417. The van der Waals surface area contributed by atoms with Gasteiger partial charge in [0.05, 0.1) is 0 Å². The van der Waals surface area contributed by atoms with Crippen LogP contribution in [0.4, 0.5) is 8.78 Å². The van der Waals surface area contributed by atoms with Crippen LogP contribution in [0.2, 0.25) is 0 Å². The first-order chi connectivity index (χ1) is 8.75. The van der Waals surface area contributed by atoms with Crippen molar-refractivity contribution in [3.05, 3.63) is 45.9 Å². The topological polar surface area (TPSA) is 58.9 Å². The molecule has 1 aromatic rings. The predicted octanol–water partition coefficient (Wildman–Crippen LogP) is 3.72. The standard InChI is InChI=1S/C11H14BrF2O4P/c1-17-19(16,18-2)7-10(15)11(13,14)8-4-3-5-9(12)6-8/h3-7,15-16,19H,1-2H3/b10-7-. The van der Waals surface area contributed by atoms with Gasteiger partial charge in [-0.2, -0.15) is 0 Å². The maximum absolute atomic E-state index is 14.0. The van der Waals surface area contributed by atoms with Crippen LogP contribution in [0.1, 0.15) is 5.56 Å². The van der Waals surface area contributed by atoms with Crippen LogP contribution in [0.5, 0.6) is 0 Å². The van der Waals surface area contributed by atoms with Crippen LogP contribution in [0.25, 0.3) is 0 Å². The van der Waals surface area contributed by atoms with Gasteiger partial charge in [-0.25, -0.2) is 0 Å². The summed E-state index contributed by atoms with van der Waals surface area (Å²) >= 11 is 3.07. The van der Waals surface area contributed by atoms with E-state index in [0.29, 0.717) is 10.3 Å². The van der Waals surface area contributed by atoms with Gasteiger partial charge in [0.25, 0.3) is 0 Å². The molecule has 0 spiro atoms. The molecule has 0 aromatic heterocycles. The van der Waals surface area contributed by atoms with Crippen molar-refractivity contribution in [1.29, 1.82) is 0 Å². The Hall–Kier alpha value is -0.590. The summed E-state index contributed by atoms with van der Waals surface area (Å²) in [6.45, 7) is 0. The van der Waals surface area contributed by atoms with E-state index in [2.05, 4.69) is 25.0 Å². The molecule has 0 aliphatic heterocycles. The molecule has 0 bridgehead atoms. The molecule has 8 heteroatoms. The van der Waals surface area contributed by atoms with Gasteiger partial charge in [0.2, 0.25) is 0 Å². The molecule has 0 saturated heterocycles. The van der Waals surface area contributed by atoms with Crippen LogP contribution >= 0.6 is 23.9 Å². The van der Waals surface area contributed by atoms with E-state index < -0.39 is 25.2 Å². The van der Waals surface area contributed by atoms with Crippen molar-refractivity contribution in [3.8, 4) is 0 Å². The summed E-state index contributed by atoms with van der Waals surface area (Å²) in [5.74, 6) is -4.43. The Bertz CT molecular complexity index is 478. The Labute approximate surface area is 118 Å². The van der Waals surface area contributed by atoms with Crippen molar-refractivity contribution in [3.63, 3.8) is 0 Å². The van der Waals surface area contributed by atoms with Crippen molar-refractivity contribution in [2.75, 3.05) is 14.2 Å². The molecular formula is C11H14BrF2O4P. The summed E-state index contributed by atoms with van der Waals surface area (Å²) in [6, 6.07) is 5.33. The second kappa shape index (κ2) is 6.24. The number of aliphatic hydroxyl groups excluding tert-OH is 1. The van der Waals surface area contributed by atoms with E-state index in [4.69, 9.17) is 0 Å². The second-order valence-corrected chi connectivity index (χ2v) is 6.94. The average Bonchev–Trinajstić information content (AvgIpc) is 2.38. The van der Waals surface area contributed by atoms with Crippen molar-refractivity contribution in [2.24, 2.45) is 0 Å². The summed E-state index contributed by atoms with van der Waals surface area (Å²) in [5, 5.41) is 9.53. The van der Waals surface area contributed by atoms with Crippen LogP contribution in [0.15, 0.2) is 40.3 Å². The number of hydrogen-bond acceptors (Lipinski definition) is 4. The predicted molar refractivity (Wildman–Crippen MR) is 73.3 cm³/mol. The van der Waals surface area contributed by atoms with Crippen LogP contribution in [-0.4, -0.2) is 24.2 Å². The molecule has 0 unspecified atom stereocenters. The van der Waals surface area contributed by atoms with Gasteiger partial charge in [0, 0.05) is 0 Å². The first-order valence-electron chi connectivity index (χ1n) is 5.14. The van der Waals surface area contributed by atoms with E-state index in [1.165, 1.54) is 12.1 Å². The van der Waals surface area contributed by atoms with Crippen molar-refractivity contribution < 1.29 is 27.8 Å². The Balaban J connectivity index is 3.16. The van der Waals surface area contributed by atoms with Gasteiger partial charge >= 0.3 is 118 Å². The fourth-order valence-corrected chi connectivity index (χ4v) is 2.62. The Kier molecular flexibility index (Phi) is 5.41. The molecule has 4 nitrogen and oxygen atoms in total. The average molecular weight is 359 g/mol. The van der Waals surface area contributed by atoms with Crippen molar-refractivity contribution in [1.82, 2.24) is 0 Å². The normalized spacial score (nSPS) is 14.5. The molecule has 0 amide bonds. The molecular weight excluding hydrogens is 345 g/mol. The molecule has 1 rings (SSSR count). The van der Waals surface area contributed by atoms with Gasteiger partial charge in [-0.05, 0) is 0 Å². The van der Waals surface area contributed by atoms with Gasteiger partial charge in [-0.1, -0.05) is 0 Å². The van der Waals surface area contributed by atoms with Gasteiger partial charge in [0.15, 0.2) is 0 Å². The molecule has 0 atom stereocenters. The number of rotatable bonds is 5. The Morgan fingerprint density at radius 2 is 1.95 bits per heavy atom. The number of allylic oxidation sites excluding steroid dienone is 1. The first kappa shape index (κ1) is 16.5. The van der Waals surface area contributed by atoms with Crippen molar-refractivity contribution in [2.45, 2.75) is 5.92 Å². The number of aliphatic hydroxyl groups is 1. The zero-order chi connectivity index (χ0) is 14.7. The third kappa shape index (κ3) is 3.94. The number of benzene rings is 1. The molecule has 0 saturated carbocycles. The van der Waals surface area contributed by atoms with Crippen LogP contribution in [0.3, 0.4) is 0 Å². The molecule has 0 heterocycles. The minimum atomic E-state index is -3.92. The summed E-state index contributed by atoms with van der Waals surface area (Å²) in [6.07, 6.45) is 0.